The molecule has 2 fully saturated rings. The van der Waals surface area contributed by atoms with Crippen LogP contribution in [0.1, 0.15) is 51.4 Å². The van der Waals surface area contributed by atoms with Gasteiger partial charge >= 0.3 is 0 Å². The molecule has 0 aromatic rings. The molecule has 1 saturated carbocycles. The second kappa shape index (κ2) is 7.07. The van der Waals surface area contributed by atoms with E-state index in [0.717, 1.165) is 51.5 Å². The van der Waals surface area contributed by atoms with Crippen molar-refractivity contribution in [1.82, 2.24) is 10.2 Å². The SMILES string of the molecule is CNC(=O)C1CCCN1C(=O)CCC1CCC(N)CC1. The van der Waals surface area contributed by atoms with Crippen molar-refractivity contribution in [3.63, 3.8) is 0 Å². The molecule has 5 heteroatoms. The summed E-state index contributed by atoms with van der Waals surface area (Å²) >= 11 is 0. The largest absolute Gasteiger partial charge is 0.357 e. The number of likely N-dealkylation sites (tertiary alicyclic amines) is 1. The Bertz CT molecular complexity index is 351. The lowest BCUT2D eigenvalue weighted by Crippen LogP contribution is -2.45. The number of nitrogens with one attached hydrogen (secondary N) is 1. The van der Waals surface area contributed by atoms with E-state index in [0.29, 0.717) is 18.4 Å². The minimum atomic E-state index is -0.243. The van der Waals surface area contributed by atoms with Crippen LogP contribution in [-0.4, -0.2) is 42.4 Å². The van der Waals surface area contributed by atoms with Gasteiger partial charge in [0.25, 0.3) is 0 Å². The number of hydrogen-bond acceptors (Lipinski definition) is 3. The molecule has 20 heavy (non-hydrogen) atoms. The van der Waals surface area contributed by atoms with Crippen molar-refractivity contribution in [3.8, 4) is 0 Å². The normalized spacial score (nSPS) is 30.3. The van der Waals surface area contributed by atoms with E-state index in [1.165, 1.54) is 0 Å². The monoisotopic (exact) mass is 281 g/mol. The molecule has 0 spiro atoms. The third-order valence-electron chi connectivity index (χ3n) is 4.78. The number of rotatable bonds is 4. The minimum Gasteiger partial charge on any atom is -0.357 e. The second-order valence-corrected chi connectivity index (χ2v) is 6.18. The molecule has 2 amide bonds. The number of hydrogen-bond donors (Lipinski definition) is 2. The van der Waals surface area contributed by atoms with Gasteiger partial charge in [0.2, 0.25) is 11.8 Å². The van der Waals surface area contributed by atoms with E-state index in [-0.39, 0.29) is 17.9 Å². The summed E-state index contributed by atoms with van der Waals surface area (Å²) in [4.78, 5) is 25.8. The summed E-state index contributed by atoms with van der Waals surface area (Å²) in [7, 11) is 1.63. The highest BCUT2D eigenvalue weighted by Gasteiger charge is 2.33. The smallest absolute Gasteiger partial charge is 0.242 e. The van der Waals surface area contributed by atoms with Crippen LogP contribution in [-0.2, 0) is 9.59 Å². The summed E-state index contributed by atoms with van der Waals surface area (Å²) < 4.78 is 0. The molecule has 1 heterocycles. The molecule has 1 atom stereocenters. The van der Waals surface area contributed by atoms with Crippen molar-refractivity contribution in [1.29, 1.82) is 0 Å². The van der Waals surface area contributed by atoms with Crippen molar-refractivity contribution < 1.29 is 9.59 Å². The summed E-state index contributed by atoms with van der Waals surface area (Å²) in [5.74, 6) is 0.755. The average Bonchev–Trinajstić information content (AvgIpc) is 2.95. The fraction of sp³-hybridized carbons (Fsp3) is 0.867. The molecule has 1 saturated heterocycles. The highest BCUT2D eigenvalue weighted by Crippen LogP contribution is 2.28. The van der Waals surface area contributed by atoms with Crippen molar-refractivity contribution in [2.75, 3.05) is 13.6 Å². The van der Waals surface area contributed by atoms with Crippen LogP contribution in [0, 0.1) is 5.92 Å². The van der Waals surface area contributed by atoms with Crippen molar-refractivity contribution in [3.05, 3.63) is 0 Å². The van der Waals surface area contributed by atoms with Gasteiger partial charge < -0.3 is 16.0 Å². The fourth-order valence-corrected chi connectivity index (χ4v) is 3.45. The maximum Gasteiger partial charge on any atom is 0.242 e. The Balaban J connectivity index is 1.78. The first-order chi connectivity index (χ1) is 9.61. The maximum absolute atomic E-state index is 12.3. The second-order valence-electron chi connectivity index (χ2n) is 6.18. The Hall–Kier alpha value is -1.10. The first-order valence-electron chi connectivity index (χ1n) is 7.88. The molecule has 3 N–H and O–H groups in total. The van der Waals surface area contributed by atoms with Crippen LogP contribution >= 0.6 is 0 Å². The van der Waals surface area contributed by atoms with Crippen molar-refractivity contribution in [2.45, 2.75) is 63.5 Å². The highest BCUT2D eigenvalue weighted by molar-refractivity contribution is 5.88. The average molecular weight is 281 g/mol. The van der Waals surface area contributed by atoms with Gasteiger partial charge in [0, 0.05) is 26.1 Å². The molecule has 0 aromatic carbocycles. The van der Waals surface area contributed by atoms with Crippen LogP contribution in [0.5, 0.6) is 0 Å². The van der Waals surface area contributed by atoms with Gasteiger partial charge in [-0.25, -0.2) is 0 Å². The summed E-state index contributed by atoms with van der Waals surface area (Å²) in [6.07, 6.45) is 7.72. The molecule has 1 aliphatic heterocycles. The predicted octanol–water partition coefficient (Wildman–Crippen LogP) is 1.02. The van der Waals surface area contributed by atoms with Gasteiger partial charge in [0.05, 0.1) is 0 Å². The number of carbonyl (C=O) groups excluding carboxylic acids is 2. The molecule has 1 unspecified atom stereocenters. The summed E-state index contributed by atoms with van der Waals surface area (Å²) in [6.45, 7) is 0.729. The molecule has 0 bridgehead atoms. The first-order valence-corrected chi connectivity index (χ1v) is 7.88. The van der Waals surface area contributed by atoms with Gasteiger partial charge in [-0.3, -0.25) is 9.59 Å². The number of nitrogens with zero attached hydrogens (tertiary/aromatic N) is 1. The Morgan fingerprint density at radius 2 is 1.90 bits per heavy atom. The summed E-state index contributed by atoms with van der Waals surface area (Å²) in [5.41, 5.74) is 5.90. The molecular formula is C15H27N3O2. The predicted molar refractivity (Wildman–Crippen MR) is 78.0 cm³/mol. The Morgan fingerprint density at radius 1 is 1.20 bits per heavy atom. The van der Waals surface area contributed by atoms with Gasteiger partial charge in [0.15, 0.2) is 0 Å². The zero-order valence-corrected chi connectivity index (χ0v) is 12.4. The zero-order chi connectivity index (χ0) is 14.5. The molecule has 2 rings (SSSR count). The van der Waals surface area contributed by atoms with Gasteiger partial charge in [-0.05, 0) is 50.9 Å². The van der Waals surface area contributed by atoms with Crippen LogP contribution in [0.2, 0.25) is 0 Å². The van der Waals surface area contributed by atoms with Crippen LogP contribution in [0.3, 0.4) is 0 Å². The molecule has 0 radical (unpaired) electrons. The molecule has 5 nitrogen and oxygen atoms in total. The van der Waals surface area contributed by atoms with Crippen molar-refractivity contribution >= 4 is 11.8 Å². The lowest BCUT2D eigenvalue weighted by Gasteiger charge is -2.27. The Kier molecular flexibility index (Phi) is 5.40. The third-order valence-corrected chi connectivity index (χ3v) is 4.78. The van der Waals surface area contributed by atoms with Crippen LogP contribution in [0.15, 0.2) is 0 Å². The summed E-state index contributed by atoms with van der Waals surface area (Å²) in [5, 5.41) is 2.66. The molecule has 0 aromatic heterocycles. The van der Waals surface area contributed by atoms with E-state index in [1.54, 1.807) is 11.9 Å². The van der Waals surface area contributed by atoms with Gasteiger partial charge in [-0.2, -0.15) is 0 Å². The van der Waals surface area contributed by atoms with E-state index < -0.39 is 0 Å². The quantitative estimate of drug-likeness (QED) is 0.808. The van der Waals surface area contributed by atoms with E-state index in [2.05, 4.69) is 5.32 Å². The number of likely N-dealkylation sites (N-methyl/N-ethyl adjacent to an activating group) is 1. The lowest BCUT2D eigenvalue weighted by molar-refractivity contribution is -0.138. The molecular weight excluding hydrogens is 254 g/mol. The van der Waals surface area contributed by atoms with Gasteiger partial charge in [-0.1, -0.05) is 0 Å². The summed E-state index contributed by atoms with van der Waals surface area (Å²) in [6, 6.07) is 0.116. The van der Waals surface area contributed by atoms with Crippen molar-refractivity contribution in [2.24, 2.45) is 11.7 Å². The fourth-order valence-electron chi connectivity index (χ4n) is 3.45. The molecule has 2 aliphatic rings. The minimum absolute atomic E-state index is 0.0283. The number of carbonyl (C=O) groups is 2. The van der Waals surface area contributed by atoms with E-state index >= 15 is 0 Å². The maximum atomic E-state index is 12.3. The highest BCUT2D eigenvalue weighted by atomic mass is 16.2. The standard InChI is InChI=1S/C15H27N3O2/c1-17-15(20)13-3-2-10-18(13)14(19)9-6-11-4-7-12(16)8-5-11/h11-13H,2-10,16H2,1H3,(H,17,20). The first kappa shape index (κ1) is 15.3. The Morgan fingerprint density at radius 3 is 2.55 bits per heavy atom. The third kappa shape index (κ3) is 3.72. The lowest BCUT2D eigenvalue weighted by atomic mass is 9.83. The van der Waals surface area contributed by atoms with Crippen LogP contribution in [0.25, 0.3) is 0 Å². The topological polar surface area (TPSA) is 75.4 Å². The van der Waals surface area contributed by atoms with Gasteiger partial charge in [-0.15, -0.1) is 0 Å². The molecule has 1 aliphatic carbocycles. The number of amides is 2. The van der Waals surface area contributed by atoms with E-state index in [9.17, 15) is 9.59 Å². The van der Waals surface area contributed by atoms with Crippen LogP contribution in [0.4, 0.5) is 0 Å². The van der Waals surface area contributed by atoms with E-state index in [4.69, 9.17) is 5.73 Å². The van der Waals surface area contributed by atoms with E-state index in [1.807, 2.05) is 0 Å². The van der Waals surface area contributed by atoms with Crippen LogP contribution < -0.4 is 11.1 Å². The van der Waals surface area contributed by atoms with Gasteiger partial charge in [0.1, 0.15) is 6.04 Å². The molecule has 114 valence electrons. The zero-order valence-electron chi connectivity index (χ0n) is 12.4. The number of nitrogens with two attached hydrogens (primary N) is 1. The Labute approximate surface area is 121 Å².